The molecule has 31 heavy (non-hydrogen) atoms. The number of para-hydroxylation sites is 1. The predicted molar refractivity (Wildman–Crippen MR) is 108 cm³/mol. The van der Waals surface area contributed by atoms with Crippen molar-refractivity contribution in [3.8, 4) is 11.3 Å². The Morgan fingerprint density at radius 1 is 1.13 bits per heavy atom. The molecule has 3 fully saturated rings. The first-order valence-electron chi connectivity index (χ1n) is 9.90. The minimum Gasteiger partial charge on any atom is -0.451 e. The molecule has 11 heteroatoms. The molecule has 0 unspecified atom stereocenters. The van der Waals surface area contributed by atoms with Crippen LogP contribution < -0.4 is 10.0 Å². The van der Waals surface area contributed by atoms with Crippen LogP contribution in [0.3, 0.4) is 0 Å². The zero-order valence-electron chi connectivity index (χ0n) is 16.6. The maximum Gasteiger partial charge on any atom is 0.516 e. The molecule has 1 aromatic carbocycles. The van der Waals surface area contributed by atoms with E-state index in [-0.39, 0.29) is 34.9 Å². The zero-order valence-corrected chi connectivity index (χ0v) is 17.5. The van der Waals surface area contributed by atoms with Crippen LogP contribution in [0.4, 0.5) is 18.9 Å². The Hall–Kier alpha value is -2.53. The lowest BCUT2D eigenvalue weighted by Crippen LogP contribution is -2.62. The van der Waals surface area contributed by atoms with E-state index in [9.17, 15) is 26.4 Å². The molecule has 2 aromatic rings. The molecule has 3 aliphatic heterocycles. The quantitative estimate of drug-likeness (QED) is 0.718. The van der Waals surface area contributed by atoms with Crippen LogP contribution in [-0.2, 0) is 10.0 Å². The number of alkyl halides is 3. The van der Waals surface area contributed by atoms with Gasteiger partial charge in [-0.1, -0.05) is 12.1 Å². The highest BCUT2D eigenvalue weighted by Gasteiger charge is 2.46. The Bertz CT molecular complexity index is 1070. The highest BCUT2D eigenvalue weighted by atomic mass is 32.2. The number of nitrogens with one attached hydrogen (secondary N) is 2. The second kappa shape index (κ2) is 7.86. The highest BCUT2D eigenvalue weighted by molar-refractivity contribution is 7.93. The summed E-state index contributed by atoms with van der Waals surface area (Å²) >= 11 is 0. The summed E-state index contributed by atoms with van der Waals surface area (Å²) in [6, 6.07) is 8.57. The molecule has 0 saturated carbocycles. The van der Waals surface area contributed by atoms with Gasteiger partial charge in [0, 0.05) is 17.6 Å². The van der Waals surface area contributed by atoms with Crippen LogP contribution >= 0.6 is 0 Å². The van der Waals surface area contributed by atoms with E-state index in [1.165, 1.54) is 41.1 Å². The number of halogens is 3. The summed E-state index contributed by atoms with van der Waals surface area (Å²) in [6.45, 7) is 4.12. The maximum absolute atomic E-state index is 12.8. The molecule has 1 aromatic heterocycles. The third-order valence-electron chi connectivity index (χ3n) is 6.05. The lowest BCUT2D eigenvalue weighted by atomic mass is 9.79. The Kier molecular flexibility index (Phi) is 5.50. The van der Waals surface area contributed by atoms with Crippen LogP contribution in [0.15, 0.2) is 40.8 Å². The molecule has 2 atom stereocenters. The van der Waals surface area contributed by atoms with Crippen molar-refractivity contribution in [3.05, 3.63) is 42.2 Å². The Labute approximate surface area is 177 Å². The molecular formula is C20H22F3N3O4S. The summed E-state index contributed by atoms with van der Waals surface area (Å²) in [5.74, 6) is 0.0702. The molecule has 4 heterocycles. The molecule has 2 N–H and O–H groups in total. The minimum absolute atomic E-state index is 0.00516. The maximum atomic E-state index is 12.8. The number of furan rings is 1. The predicted octanol–water partition coefficient (Wildman–Crippen LogP) is 3.42. The fourth-order valence-corrected chi connectivity index (χ4v) is 4.95. The number of carbonyl (C=O) groups excluding carboxylic acids is 1. The van der Waals surface area contributed by atoms with Crippen molar-refractivity contribution in [2.24, 2.45) is 5.92 Å². The van der Waals surface area contributed by atoms with Gasteiger partial charge in [-0.15, -0.1) is 0 Å². The molecule has 0 aliphatic carbocycles. The Morgan fingerprint density at radius 2 is 1.81 bits per heavy atom. The number of amides is 1. The summed E-state index contributed by atoms with van der Waals surface area (Å²) in [5.41, 5.74) is -5.67. The van der Waals surface area contributed by atoms with Gasteiger partial charge in [0.25, 0.3) is 5.91 Å². The number of benzene rings is 1. The number of hydrogen-bond acceptors (Lipinski definition) is 5. The molecule has 0 spiro atoms. The third kappa shape index (κ3) is 4.16. The van der Waals surface area contributed by atoms with Gasteiger partial charge in [0.05, 0.1) is 5.69 Å². The molecule has 2 bridgehead atoms. The van der Waals surface area contributed by atoms with Crippen LogP contribution in [0.2, 0.25) is 0 Å². The van der Waals surface area contributed by atoms with Crippen molar-refractivity contribution in [2.45, 2.75) is 37.4 Å². The van der Waals surface area contributed by atoms with E-state index in [2.05, 4.69) is 17.1 Å². The van der Waals surface area contributed by atoms with Gasteiger partial charge in [0.1, 0.15) is 5.76 Å². The lowest BCUT2D eigenvalue weighted by Gasteiger charge is -2.49. The molecule has 3 saturated heterocycles. The van der Waals surface area contributed by atoms with Gasteiger partial charge in [-0.3, -0.25) is 14.4 Å². The number of sulfonamides is 1. The first-order chi connectivity index (χ1) is 14.6. The zero-order chi connectivity index (χ0) is 22.4. The average Bonchev–Trinajstić information content (AvgIpc) is 3.20. The Balaban J connectivity index is 1.54. The summed E-state index contributed by atoms with van der Waals surface area (Å²) in [5, 5.41) is 3.02. The SMILES string of the molecule is C[C@H]1[C@H](NC(=O)c2ccc(-c3ccccc3NS(=O)(=O)C(F)(F)F)o2)C2CCN1CC2. The fraction of sp³-hybridized carbons (Fsp3) is 0.450. The van der Waals surface area contributed by atoms with Gasteiger partial charge in [-0.25, -0.2) is 0 Å². The van der Waals surface area contributed by atoms with Gasteiger partial charge in [0.2, 0.25) is 0 Å². The first-order valence-corrected chi connectivity index (χ1v) is 11.4. The van der Waals surface area contributed by atoms with E-state index in [0.717, 1.165) is 25.9 Å². The van der Waals surface area contributed by atoms with E-state index in [1.54, 1.807) is 0 Å². The first kappa shape index (κ1) is 21.7. The molecule has 5 rings (SSSR count). The molecule has 7 nitrogen and oxygen atoms in total. The topological polar surface area (TPSA) is 91.7 Å². The van der Waals surface area contributed by atoms with E-state index < -0.39 is 21.4 Å². The van der Waals surface area contributed by atoms with Crippen LogP contribution in [0.5, 0.6) is 0 Å². The number of fused-ring (bicyclic) bond motifs is 3. The monoisotopic (exact) mass is 457 g/mol. The molecule has 1 amide bonds. The fourth-order valence-electron chi connectivity index (χ4n) is 4.36. The standard InChI is InChI=1S/C20H22F3N3O4S/c1-12-18(13-8-10-26(12)11-9-13)24-19(27)17-7-6-16(30-17)14-4-2-3-5-15(14)25-31(28,29)20(21,22)23/h2-7,12-13,18,25H,8-11H2,1H3,(H,24,27)/t12-,18-/m0/s1. The van der Waals surface area contributed by atoms with Gasteiger partial charge in [-0.05, 0) is 63.0 Å². The van der Waals surface area contributed by atoms with Gasteiger partial charge >= 0.3 is 15.5 Å². The van der Waals surface area contributed by atoms with E-state index >= 15 is 0 Å². The second-order valence-electron chi connectivity index (χ2n) is 7.87. The van der Waals surface area contributed by atoms with Crippen molar-refractivity contribution >= 4 is 21.6 Å². The normalized spacial score (nSPS) is 25.9. The number of rotatable bonds is 5. The number of piperidine rings is 3. The van der Waals surface area contributed by atoms with Gasteiger partial charge < -0.3 is 9.73 Å². The van der Waals surface area contributed by atoms with Gasteiger partial charge in [0.15, 0.2) is 5.76 Å². The van der Waals surface area contributed by atoms with Crippen LogP contribution in [0.1, 0.15) is 30.3 Å². The smallest absolute Gasteiger partial charge is 0.451 e. The Morgan fingerprint density at radius 3 is 2.45 bits per heavy atom. The highest BCUT2D eigenvalue weighted by Crippen LogP contribution is 2.34. The van der Waals surface area contributed by atoms with Crippen molar-refractivity contribution < 1.29 is 30.8 Å². The van der Waals surface area contributed by atoms with Crippen molar-refractivity contribution in [1.29, 1.82) is 0 Å². The van der Waals surface area contributed by atoms with Crippen molar-refractivity contribution in [3.63, 3.8) is 0 Å². The molecular weight excluding hydrogens is 435 g/mol. The lowest BCUT2D eigenvalue weighted by molar-refractivity contribution is -0.0429. The summed E-state index contributed by atoms with van der Waals surface area (Å²) in [4.78, 5) is 15.1. The second-order valence-corrected chi connectivity index (χ2v) is 9.55. The summed E-state index contributed by atoms with van der Waals surface area (Å²) in [7, 11) is -5.60. The van der Waals surface area contributed by atoms with Crippen LogP contribution in [0, 0.1) is 5.92 Å². The van der Waals surface area contributed by atoms with E-state index in [4.69, 9.17) is 4.42 Å². The number of carbonyl (C=O) groups is 1. The number of hydrogen-bond donors (Lipinski definition) is 2. The van der Waals surface area contributed by atoms with Crippen molar-refractivity contribution in [2.75, 3.05) is 17.8 Å². The van der Waals surface area contributed by atoms with E-state index in [0.29, 0.717) is 5.92 Å². The number of nitrogens with zero attached hydrogens (tertiary/aromatic N) is 1. The van der Waals surface area contributed by atoms with Crippen molar-refractivity contribution in [1.82, 2.24) is 10.2 Å². The minimum atomic E-state index is -5.60. The summed E-state index contributed by atoms with van der Waals surface area (Å²) < 4.78 is 68.4. The van der Waals surface area contributed by atoms with E-state index in [1.807, 2.05) is 0 Å². The molecule has 0 radical (unpaired) electrons. The van der Waals surface area contributed by atoms with Gasteiger partial charge in [-0.2, -0.15) is 21.6 Å². The van der Waals surface area contributed by atoms with Crippen LogP contribution in [0.25, 0.3) is 11.3 Å². The molecule has 3 aliphatic rings. The number of anilines is 1. The summed E-state index contributed by atoms with van der Waals surface area (Å²) in [6.07, 6.45) is 2.04. The third-order valence-corrected chi connectivity index (χ3v) is 7.14. The largest absolute Gasteiger partial charge is 0.516 e. The molecule has 168 valence electrons. The van der Waals surface area contributed by atoms with Crippen LogP contribution in [-0.4, -0.2) is 49.9 Å². The average molecular weight is 457 g/mol.